The third kappa shape index (κ3) is 6.72. The standard InChI is InChI=1S/C29H24F3N3O4/c1-18(34-35-28(37)27(36)33-23-11-6-10-22(16-23)29(30,31)32)20-13-14-25(26(15-20)38-2)39-17-21-9-5-8-19-7-3-4-12-24(19)21/h3-16H,17H2,1-2H3,(H,33,36)(H,35,37). The molecule has 39 heavy (non-hydrogen) atoms. The number of benzene rings is 4. The largest absolute Gasteiger partial charge is 0.493 e. The highest BCUT2D eigenvalue weighted by atomic mass is 19.4. The van der Waals surface area contributed by atoms with Gasteiger partial charge in [-0.15, -0.1) is 0 Å². The molecule has 2 amide bonds. The molecule has 0 aliphatic rings. The van der Waals surface area contributed by atoms with Gasteiger partial charge in [0.2, 0.25) is 0 Å². The average Bonchev–Trinajstić information content (AvgIpc) is 2.94. The van der Waals surface area contributed by atoms with Crippen molar-refractivity contribution in [2.24, 2.45) is 5.10 Å². The van der Waals surface area contributed by atoms with Gasteiger partial charge in [0.1, 0.15) is 6.61 Å². The summed E-state index contributed by atoms with van der Waals surface area (Å²) in [5.41, 5.74) is 2.94. The number of ether oxygens (including phenoxy) is 2. The summed E-state index contributed by atoms with van der Waals surface area (Å²) in [5.74, 6) is -1.36. The molecule has 0 spiro atoms. The van der Waals surface area contributed by atoms with Crippen molar-refractivity contribution in [3.8, 4) is 11.5 Å². The third-order valence-electron chi connectivity index (χ3n) is 5.82. The number of fused-ring (bicyclic) bond motifs is 1. The van der Waals surface area contributed by atoms with Gasteiger partial charge in [-0.3, -0.25) is 9.59 Å². The third-order valence-corrected chi connectivity index (χ3v) is 5.82. The van der Waals surface area contributed by atoms with E-state index >= 15 is 0 Å². The minimum atomic E-state index is -4.58. The maximum atomic E-state index is 12.9. The lowest BCUT2D eigenvalue weighted by Crippen LogP contribution is -2.33. The van der Waals surface area contributed by atoms with Gasteiger partial charge in [0, 0.05) is 11.3 Å². The van der Waals surface area contributed by atoms with Crippen molar-refractivity contribution in [1.82, 2.24) is 5.43 Å². The highest BCUT2D eigenvalue weighted by Gasteiger charge is 2.30. The molecule has 4 rings (SSSR count). The van der Waals surface area contributed by atoms with Crippen LogP contribution in [0.25, 0.3) is 10.8 Å². The number of hydrogen-bond donors (Lipinski definition) is 2. The number of amides is 2. The van der Waals surface area contributed by atoms with Crippen LogP contribution >= 0.6 is 0 Å². The van der Waals surface area contributed by atoms with Crippen LogP contribution in [0, 0.1) is 0 Å². The van der Waals surface area contributed by atoms with Crippen LogP contribution in [0.3, 0.4) is 0 Å². The van der Waals surface area contributed by atoms with Gasteiger partial charge in [-0.25, -0.2) is 5.43 Å². The van der Waals surface area contributed by atoms with E-state index in [0.717, 1.165) is 34.5 Å². The van der Waals surface area contributed by atoms with Crippen molar-refractivity contribution in [2.45, 2.75) is 19.7 Å². The summed E-state index contributed by atoms with van der Waals surface area (Å²) < 4.78 is 50.1. The molecule has 0 aliphatic carbocycles. The first-order valence-electron chi connectivity index (χ1n) is 11.8. The monoisotopic (exact) mass is 535 g/mol. The van der Waals surface area contributed by atoms with Crippen molar-refractivity contribution >= 4 is 34.0 Å². The van der Waals surface area contributed by atoms with E-state index in [-0.39, 0.29) is 5.69 Å². The fraction of sp³-hybridized carbons (Fsp3) is 0.138. The fourth-order valence-electron chi connectivity index (χ4n) is 3.80. The minimum Gasteiger partial charge on any atom is -0.493 e. The van der Waals surface area contributed by atoms with Gasteiger partial charge in [-0.2, -0.15) is 18.3 Å². The molecule has 0 atom stereocenters. The summed E-state index contributed by atoms with van der Waals surface area (Å²) in [5, 5.41) is 8.25. The first-order valence-corrected chi connectivity index (χ1v) is 11.8. The molecule has 0 unspecified atom stereocenters. The number of hydrogen-bond acceptors (Lipinski definition) is 5. The lowest BCUT2D eigenvalue weighted by Gasteiger charge is -2.13. The Bertz CT molecular complexity index is 1550. The molecule has 0 heterocycles. The molecule has 4 aromatic carbocycles. The summed E-state index contributed by atoms with van der Waals surface area (Å²) >= 11 is 0. The lowest BCUT2D eigenvalue weighted by molar-refractivity contribution is -0.137. The average molecular weight is 536 g/mol. The number of rotatable bonds is 7. The van der Waals surface area contributed by atoms with Crippen LogP contribution in [0.5, 0.6) is 11.5 Å². The Kier molecular flexibility index (Phi) is 8.14. The Labute approximate surface area is 222 Å². The summed E-state index contributed by atoms with van der Waals surface area (Å²) in [6, 6.07) is 23.1. The predicted molar refractivity (Wildman–Crippen MR) is 142 cm³/mol. The first kappa shape index (κ1) is 27.2. The van der Waals surface area contributed by atoms with E-state index in [0.29, 0.717) is 29.4 Å². The van der Waals surface area contributed by atoms with Crippen LogP contribution in [0.4, 0.5) is 18.9 Å². The number of anilines is 1. The van der Waals surface area contributed by atoms with Gasteiger partial charge in [-0.1, -0.05) is 48.5 Å². The van der Waals surface area contributed by atoms with Crippen molar-refractivity contribution in [2.75, 3.05) is 12.4 Å². The molecule has 2 N–H and O–H groups in total. The van der Waals surface area contributed by atoms with Crippen LogP contribution < -0.4 is 20.2 Å². The van der Waals surface area contributed by atoms with Crippen molar-refractivity contribution < 1.29 is 32.2 Å². The second-order valence-electron chi connectivity index (χ2n) is 8.46. The summed E-state index contributed by atoms with van der Waals surface area (Å²) in [6.07, 6.45) is -4.58. The van der Waals surface area contributed by atoms with E-state index in [1.54, 1.807) is 25.1 Å². The summed E-state index contributed by atoms with van der Waals surface area (Å²) in [6.45, 7) is 1.93. The molecule has 0 aliphatic heterocycles. The van der Waals surface area contributed by atoms with Crippen LogP contribution in [0.15, 0.2) is 90.0 Å². The molecule has 0 saturated heterocycles. The molecule has 200 valence electrons. The normalized spacial score (nSPS) is 11.7. The number of carbonyl (C=O) groups is 2. The first-order chi connectivity index (χ1) is 18.7. The smallest absolute Gasteiger partial charge is 0.416 e. The van der Waals surface area contributed by atoms with E-state index in [1.165, 1.54) is 13.2 Å². The second kappa shape index (κ2) is 11.7. The zero-order valence-electron chi connectivity index (χ0n) is 21.0. The Hall–Kier alpha value is -4.86. The maximum Gasteiger partial charge on any atom is 0.416 e. The van der Waals surface area contributed by atoms with E-state index < -0.39 is 23.6 Å². The number of nitrogens with zero attached hydrogens (tertiary/aromatic N) is 1. The van der Waals surface area contributed by atoms with Crippen molar-refractivity contribution in [1.29, 1.82) is 0 Å². The maximum absolute atomic E-state index is 12.9. The van der Waals surface area contributed by atoms with Gasteiger partial charge in [-0.05, 0) is 59.7 Å². The molecule has 0 saturated carbocycles. The molecule has 0 radical (unpaired) electrons. The van der Waals surface area contributed by atoms with Gasteiger partial charge >= 0.3 is 18.0 Å². The topological polar surface area (TPSA) is 89.0 Å². The SMILES string of the molecule is COc1cc(C(C)=NNC(=O)C(=O)Nc2cccc(C(F)(F)F)c2)ccc1OCc1cccc2ccccc12. The van der Waals surface area contributed by atoms with Crippen LogP contribution in [-0.2, 0) is 22.4 Å². The van der Waals surface area contributed by atoms with E-state index in [2.05, 4.69) is 15.8 Å². The summed E-state index contributed by atoms with van der Waals surface area (Å²) in [7, 11) is 1.50. The number of nitrogens with one attached hydrogen (secondary N) is 2. The van der Waals surface area contributed by atoms with Gasteiger partial charge in [0.25, 0.3) is 0 Å². The molecule has 4 aromatic rings. The molecule has 0 fully saturated rings. The quantitative estimate of drug-likeness (QED) is 0.175. The lowest BCUT2D eigenvalue weighted by atomic mass is 10.1. The van der Waals surface area contributed by atoms with Crippen LogP contribution in [-0.4, -0.2) is 24.6 Å². The molecular formula is C29H24F3N3O4. The molecule has 10 heteroatoms. The number of methoxy groups -OCH3 is 1. The van der Waals surface area contributed by atoms with E-state index in [4.69, 9.17) is 9.47 Å². The van der Waals surface area contributed by atoms with Crippen LogP contribution in [0.2, 0.25) is 0 Å². The Morgan fingerprint density at radius 1 is 0.872 bits per heavy atom. The van der Waals surface area contributed by atoms with Gasteiger partial charge in [0.15, 0.2) is 11.5 Å². The van der Waals surface area contributed by atoms with Gasteiger partial charge < -0.3 is 14.8 Å². The zero-order chi connectivity index (χ0) is 28.0. The molecule has 7 nitrogen and oxygen atoms in total. The summed E-state index contributed by atoms with van der Waals surface area (Å²) in [4.78, 5) is 24.3. The Morgan fingerprint density at radius 2 is 1.62 bits per heavy atom. The predicted octanol–water partition coefficient (Wildman–Crippen LogP) is 5.93. The Morgan fingerprint density at radius 3 is 2.38 bits per heavy atom. The molecule has 0 aromatic heterocycles. The van der Waals surface area contributed by atoms with Crippen LogP contribution in [0.1, 0.15) is 23.6 Å². The zero-order valence-corrected chi connectivity index (χ0v) is 21.0. The van der Waals surface area contributed by atoms with Crippen molar-refractivity contribution in [3.63, 3.8) is 0 Å². The number of alkyl halides is 3. The van der Waals surface area contributed by atoms with Crippen molar-refractivity contribution in [3.05, 3.63) is 102 Å². The van der Waals surface area contributed by atoms with Gasteiger partial charge in [0.05, 0.1) is 18.4 Å². The van der Waals surface area contributed by atoms with E-state index in [9.17, 15) is 22.8 Å². The minimum absolute atomic E-state index is 0.172. The fourth-order valence-corrected chi connectivity index (χ4v) is 3.80. The second-order valence-corrected chi connectivity index (χ2v) is 8.46. The Balaban J connectivity index is 1.40. The number of carbonyl (C=O) groups excluding carboxylic acids is 2. The number of halogens is 3. The molecule has 0 bridgehead atoms. The highest BCUT2D eigenvalue weighted by molar-refractivity contribution is 6.39. The number of hydrazone groups is 1. The van der Waals surface area contributed by atoms with E-state index in [1.807, 2.05) is 42.5 Å². The molecular weight excluding hydrogens is 511 g/mol. The highest BCUT2D eigenvalue weighted by Crippen LogP contribution is 2.31.